The molecule has 0 aromatic carbocycles. The van der Waals surface area contributed by atoms with Gasteiger partial charge in [-0.25, -0.2) is 15.0 Å². The minimum Gasteiger partial charge on any atom is -0.448 e. The minimum absolute atomic E-state index is 0.219. The fourth-order valence-corrected chi connectivity index (χ4v) is 3.18. The lowest BCUT2D eigenvalue weighted by Gasteiger charge is -2.33. The number of amides is 2. The van der Waals surface area contributed by atoms with Crippen molar-refractivity contribution in [2.24, 2.45) is 0 Å². The molecule has 2 aromatic heterocycles. The number of rotatable bonds is 3. The molecular formula is C17H21N5O3. The number of nitrogens with zero attached hydrogens (tertiary/aromatic N) is 4. The van der Waals surface area contributed by atoms with Gasteiger partial charge in [-0.3, -0.25) is 9.59 Å². The molecule has 0 bridgehead atoms. The van der Waals surface area contributed by atoms with Gasteiger partial charge >= 0.3 is 0 Å². The maximum atomic E-state index is 12.9. The van der Waals surface area contributed by atoms with Crippen LogP contribution >= 0.6 is 0 Å². The molecule has 2 amide bonds. The van der Waals surface area contributed by atoms with Crippen molar-refractivity contribution in [3.63, 3.8) is 0 Å². The fraction of sp³-hybridized carbons (Fsp3) is 0.471. The summed E-state index contributed by atoms with van der Waals surface area (Å²) in [5.41, 5.74) is 0.549. The molecule has 0 saturated carbocycles. The highest BCUT2D eigenvalue weighted by Gasteiger charge is 2.44. The first-order chi connectivity index (χ1) is 11.8. The van der Waals surface area contributed by atoms with E-state index in [1.807, 2.05) is 13.8 Å². The summed E-state index contributed by atoms with van der Waals surface area (Å²) < 4.78 is 5.16. The summed E-state index contributed by atoms with van der Waals surface area (Å²) in [5.74, 6) is 0.414. The largest absolute Gasteiger partial charge is 0.448 e. The van der Waals surface area contributed by atoms with Gasteiger partial charge in [-0.1, -0.05) is 0 Å². The van der Waals surface area contributed by atoms with Crippen molar-refractivity contribution in [2.45, 2.75) is 39.2 Å². The zero-order chi connectivity index (χ0) is 18.2. The third-order valence-electron chi connectivity index (χ3n) is 4.52. The monoisotopic (exact) mass is 343 g/mol. The quantitative estimate of drug-likeness (QED) is 0.908. The number of oxazole rings is 1. The summed E-state index contributed by atoms with van der Waals surface area (Å²) in [6.07, 6.45) is 2.90. The number of hydrogen-bond donors (Lipinski definition) is 1. The highest BCUT2D eigenvalue weighted by atomic mass is 16.3. The van der Waals surface area contributed by atoms with E-state index in [-0.39, 0.29) is 17.5 Å². The van der Waals surface area contributed by atoms with Gasteiger partial charge in [0.05, 0.1) is 0 Å². The van der Waals surface area contributed by atoms with Crippen molar-refractivity contribution >= 4 is 11.8 Å². The molecule has 1 atom stereocenters. The van der Waals surface area contributed by atoms with Crippen molar-refractivity contribution in [1.82, 2.24) is 25.2 Å². The summed E-state index contributed by atoms with van der Waals surface area (Å²) in [5, 5.41) is 2.57. The average molecular weight is 343 g/mol. The van der Waals surface area contributed by atoms with E-state index < -0.39 is 5.54 Å². The molecule has 0 aliphatic carbocycles. The van der Waals surface area contributed by atoms with Crippen LogP contribution in [0.5, 0.6) is 0 Å². The van der Waals surface area contributed by atoms with E-state index >= 15 is 0 Å². The Balaban J connectivity index is 2.01. The maximum Gasteiger partial charge on any atom is 0.276 e. The van der Waals surface area contributed by atoms with Gasteiger partial charge in [0.2, 0.25) is 0 Å². The van der Waals surface area contributed by atoms with Gasteiger partial charge in [0.1, 0.15) is 17.5 Å². The molecule has 2 aromatic rings. The van der Waals surface area contributed by atoms with Crippen LogP contribution in [0.2, 0.25) is 0 Å². The topological polar surface area (TPSA) is 101 Å². The average Bonchev–Trinajstić information content (AvgIpc) is 3.19. The predicted octanol–water partition coefficient (Wildman–Crippen LogP) is 1.59. The van der Waals surface area contributed by atoms with E-state index in [0.29, 0.717) is 36.1 Å². The first-order valence-corrected chi connectivity index (χ1v) is 8.17. The van der Waals surface area contributed by atoms with Crippen LogP contribution in [0.25, 0.3) is 0 Å². The molecule has 0 radical (unpaired) electrons. The number of likely N-dealkylation sites (tertiary alicyclic amines) is 1. The SMILES string of the molecule is CNC(=O)c1cc(C)nc(C2(C)CCCN2C(=O)c2coc(C)n2)n1. The Morgan fingerprint density at radius 1 is 1.24 bits per heavy atom. The van der Waals surface area contributed by atoms with E-state index in [2.05, 4.69) is 20.3 Å². The Labute approximate surface area is 145 Å². The first kappa shape index (κ1) is 17.1. The number of aromatic nitrogens is 3. The zero-order valence-electron chi connectivity index (χ0n) is 14.8. The van der Waals surface area contributed by atoms with Crippen LogP contribution in [0.4, 0.5) is 0 Å². The van der Waals surface area contributed by atoms with E-state index in [1.54, 1.807) is 24.9 Å². The summed E-state index contributed by atoms with van der Waals surface area (Å²) in [7, 11) is 1.56. The van der Waals surface area contributed by atoms with Gasteiger partial charge in [-0.05, 0) is 32.8 Å². The molecular weight excluding hydrogens is 322 g/mol. The predicted molar refractivity (Wildman–Crippen MR) is 89.0 cm³/mol. The molecule has 1 aliphatic rings. The molecule has 1 saturated heterocycles. The zero-order valence-corrected chi connectivity index (χ0v) is 14.8. The fourth-order valence-electron chi connectivity index (χ4n) is 3.18. The Hall–Kier alpha value is -2.77. The molecule has 3 rings (SSSR count). The molecule has 0 spiro atoms. The van der Waals surface area contributed by atoms with Crippen molar-refractivity contribution in [2.75, 3.05) is 13.6 Å². The van der Waals surface area contributed by atoms with Crippen molar-refractivity contribution in [1.29, 1.82) is 0 Å². The van der Waals surface area contributed by atoms with Gasteiger partial charge < -0.3 is 14.6 Å². The van der Waals surface area contributed by atoms with Crippen molar-refractivity contribution in [3.05, 3.63) is 41.1 Å². The molecule has 1 fully saturated rings. The Bertz CT molecular complexity index is 831. The van der Waals surface area contributed by atoms with Crippen LogP contribution in [0, 0.1) is 13.8 Å². The number of nitrogens with one attached hydrogen (secondary N) is 1. The number of aryl methyl sites for hydroxylation is 2. The van der Waals surface area contributed by atoms with Crippen molar-refractivity contribution in [3.8, 4) is 0 Å². The molecule has 1 aliphatic heterocycles. The van der Waals surface area contributed by atoms with Gasteiger partial charge in [0.15, 0.2) is 17.4 Å². The minimum atomic E-state index is -0.696. The molecule has 8 nitrogen and oxygen atoms in total. The molecule has 1 N–H and O–H groups in total. The molecule has 132 valence electrons. The first-order valence-electron chi connectivity index (χ1n) is 8.17. The highest BCUT2D eigenvalue weighted by Crippen LogP contribution is 2.37. The van der Waals surface area contributed by atoms with Crippen LogP contribution in [-0.2, 0) is 5.54 Å². The van der Waals surface area contributed by atoms with E-state index in [4.69, 9.17) is 4.42 Å². The Kier molecular flexibility index (Phi) is 4.28. The van der Waals surface area contributed by atoms with Gasteiger partial charge in [-0.15, -0.1) is 0 Å². The van der Waals surface area contributed by atoms with Crippen molar-refractivity contribution < 1.29 is 14.0 Å². The lowest BCUT2D eigenvalue weighted by Crippen LogP contribution is -2.44. The normalized spacial score (nSPS) is 19.9. The summed E-state index contributed by atoms with van der Waals surface area (Å²) in [4.78, 5) is 39.6. The van der Waals surface area contributed by atoms with Crippen LogP contribution in [-0.4, -0.2) is 45.3 Å². The third-order valence-corrected chi connectivity index (χ3v) is 4.52. The third kappa shape index (κ3) is 2.99. The number of hydrogen-bond acceptors (Lipinski definition) is 6. The van der Waals surface area contributed by atoms with E-state index in [1.165, 1.54) is 6.26 Å². The molecule has 8 heteroatoms. The summed E-state index contributed by atoms with van der Waals surface area (Å²) in [6.45, 7) is 6.00. The smallest absolute Gasteiger partial charge is 0.276 e. The second-order valence-corrected chi connectivity index (χ2v) is 6.38. The van der Waals surface area contributed by atoms with E-state index in [9.17, 15) is 9.59 Å². The van der Waals surface area contributed by atoms with Gasteiger partial charge in [0.25, 0.3) is 11.8 Å². The number of carbonyl (C=O) groups is 2. The van der Waals surface area contributed by atoms with Crippen LogP contribution < -0.4 is 5.32 Å². The standard InChI is InChI=1S/C17H21N5O3/c1-10-8-12(14(23)18-4)21-16(19-10)17(3)6-5-7-22(17)15(24)13-9-25-11(2)20-13/h8-9H,5-7H2,1-4H3,(H,18,23). The lowest BCUT2D eigenvalue weighted by molar-refractivity contribution is 0.0597. The molecule has 1 unspecified atom stereocenters. The Morgan fingerprint density at radius 2 is 2.00 bits per heavy atom. The highest BCUT2D eigenvalue weighted by molar-refractivity contribution is 5.93. The molecule has 3 heterocycles. The van der Waals surface area contributed by atoms with Gasteiger partial charge in [-0.2, -0.15) is 0 Å². The van der Waals surface area contributed by atoms with E-state index in [0.717, 1.165) is 6.42 Å². The maximum absolute atomic E-state index is 12.9. The summed E-state index contributed by atoms with van der Waals surface area (Å²) in [6, 6.07) is 1.63. The second kappa shape index (κ2) is 6.27. The number of carbonyl (C=O) groups excluding carboxylic acids is 2. The van der Waals surface area contributed by atoms with Gasteiger partial charge in [0, 0.05) is 26.2 Å². The second-order valence-electron chi connectivity index (χ2n) is 6.38. The van der Waals surface area contributed by atoms with Crippen LogP contribution in [0.3, 0.4) is 0 Å². The van der Waals surface area contributed by atoms with Crippen LogP contribution in [0.15, 0.2) is 16.7 Å². The Morgan fingerprint density at radius 3 is 2.64 bits per heavy atom. The molecule has 25 heavy (non-hydrogen) atoms. The summed E-state index contributed by atoms with van der Waals surface area (Å²) >= 11 is 0. The van der Waals surface area contributed by atoms with Crippen LogP contribution in [0.1, 0.15) is 58.2 Å². The lowest BCUT2D eigenvalue weighted by atomic mass is 9.97.